The number of hydrogen-bond donors (Lipinski definition) is 2. The van der Waals surface area contributed by atoms with Gasteiger partial charge in [-0.1, -0.05) is 29.5 Å². The van der Waals surface area contributed by atoms with Crippen LogP contribution in [0.4, 0.5) is 10.3 Å². The fourth-order valence-electron chi connectivity index (χ4n) is 1.86. The van der Waals surface area contributed by atoms with Gasteiger partial charge in [0, 0.05) is 5.56 Å². The van der Waals surface area contributed by atoms with Crippen LogP contribution in [0.25, 0.3) is 0 Å². The monoisotopic (exact) mass is 262 g/mol. The van der Waals surface area contributed by atoms with Crippen molar-refractivity contribution in [2.45, 2.75) is 5.92 Å². The molecule has 92 valence electrons. The number of ether oxygens (including phenoxy) is 1. The van der Waals surface area contributed by atoms with Crippen molar-refractivity contribution in [1.29, 1.82) is 0 Å². The maximum atomic E-state index is 12.1. The number of carbonyl (C=O) groups is 1. The molecular weight excluding hydrogens is 252 g/mol. The Morgan fingerprint density at radius 3 is 3.06 bits per heavy atom. The van der Waals surface area contributed by atoms with E-state index in [4.69, 9.17) is 10.5 Å². The maximum Gasteiger partial charge on any atom is 0.237 e. The molecule has 2 aromatic rings. The van der Waals surface area contributed by atoms with Gasteiger partial charge < -0.3 is 10.5 Å². The van der Waals surface area contributed by atoms with Crippen molar-refractivity contribution in [2.75, 3.05) is 17.7 Å². The molecule has 0 saturated heterocycles. The highest BCUT2D eigenvalue weighted by Gasteiger charge is 2.30. The summed E-state index contributed by atoms with van der Waals surface area (Å²) in [7, 11) is 0. The highest BCUT2D eigenvalue weighted by molar-refractivity contribution is 7.18. The van der Waals surface area contributed by atoms with Gasteiger partial charge in [0.25, 0.3) is 0 Å². The van der Waals surface area contributed by atoms with E-state index in [0.717, 1.165) is 22.6 Å². The van der Waals surface area contributed by atoms with Gasteiger partial charge in [0.1, 0.15) is 18.3 Å². The van der Waals surface area contributed by atoms with E-state index in [1.165, 1.54) is 0 Å². The normalized spacial score (nSPS) is 17.0. The number of benzene rings is 1. The molecule has 2 heterocycles. The lowest BCUT2D eigenvalue weighted by Crippen LogP contribution is -2.22. The number of hydrogen-bond acceptors (Lipinski definition) is 6. The van der Waals surface area contributed by atoms with E-state index < -0.39 is 0 Å². The van der Waals surface area contributed by atoms with E-state index in [9.17, 15) is 4.79 Å². The average Bonchev–Trinajstić information content (AvgIpc) is 2.95. The van der Waals surface area contributed by atoms with E-state index >= 15 is 0 Å². The first-order chi connectivity index (χ1) is 8.74. The van der Waals surface area contributed by atoms with Crippen LogP contribution in [0.1, 0.15) is 11.5 Å². The Balaban J connectivity index is 1.78. The molecule has 1 aliphatic heterocycles. The van der Waals surface area contributed by atoms with Gasteiger partial charge in [-0.3, -0.25) is 10.1 Å². The first-order valence-corrected chi connectivity index (χ1v) is 6.17. The second-order valence-electron chi connectivity index (χ2n) is 3.84. The van der Waals surface area contributed by atoms with Crippen LogP contribution in [0.3, 0.4) is 0 Å². The van der Waals surface area contributed by atoms with Crippen molar-refractivity contribution in [1.82, 2.24) is 10.2 Å². The topological polar surface area (TPSA) is 90.1 Å². The molecule has 1 aliphatic rings. The molecule has 0 aliphatic carbocycles. The minimum absolute atomic E-state index is 0.156. The zero-order chi connectivity index (χ0) is 12.5. The molecule has 1 aromatic heterocycles. The van der Waals surface area contributed by atoms with Crippen LogP contribution >= 0.6 is 11.3 Å². The number of nitrogen functional groups attached to an aromatic ring is 1. The van der Waals surface area contributed by atoms with Gasteiger partial charge >= 0.3 is 0 Å². The second kappa shape index (κ2) is 4.26. The lowest BCUT2D eigenvalue weighted by atomic mass is 10.0. The summed E-state index contributed by atoms with van der Waals surface area (Å²) in [4.78, 5) is 12.1. The number of aromatic nitrogens is 2. The molecular formula is C11H10N4O2S. The SMILES string of the molecule is Nc1nnc(NC(=O)C2COc3ccccc32)s1. The largest absolute Gasteiger partial charge is 0.492 e. The van der Waals surface area contributed by atoms with E-state index in [1.807, 2.05) is 24.3 Å². The zero-order valence-electron chi connectivity index (χ0n) is 9.29. The summed E-state index contributed by atoms with van der Waals surface area (Å²) in [6.07, 6.45) is 0. The Labute approximate surface area is 107 Å². The molecule has 1 amide bonds. The molecule has 0 saturated carbocycles. The van der Waals surface area contributed by atoms with Gasteiger partial charge in [-0.05, 0) is 6.07 Å². The number of nitrogens with zero attached hydrogens (tertiary/aromatic N) is 2. The van der Waals surface area contributed by atoms with Gasteiger partial charge in [-0.15, -0.1) is 10.2 Å². The molecule has 0 radical (unpaired) electrons. The molecule has 0 bridgehead atoms. The second-order valence-corrected chi connectivity index (χ2v) is 4.85. The van der Waals surface area contributed by atoms with Crippen LogP contribution in [-0.4, -0.2) is 22.7 Å². The van der Waals surface area contributed by atoms with Crippen LogP contribution < -0.4 is 15.8 Å². The fraction of sp³-hybridized carbons (Fsp3) is 0.182. The third-order valence-corrected chi connectivity index (χ3v) is 3.36. The van der Waals surface area contributed by atoms with Crippen molar-refractivity contribution in [3.8, 4) is 5.75 Å². The smallest absolute Gasteiger partial charge is 0.237 e. The summed E-state index contributed by atoms with van der Waals surface area (Å²) >= 11 is 1.14. The summed E-state index contributed by atoms with van der Waals surface area (Å²) in [5.74, 6) is 0.289. The quantitative estimate of drug-likeness (QED) is 0.849. The number of nitrogens with two attached hydrogens (primary N) is 1. The van der Waals surface area contributed by atoms with Crippen LogP contribution in [0.5, 0.6) is 5.75 Å². The van der Waals surface area contributed by atoms with Crippen LogP contribution in [-0.2, 0) is 4.79 Å². The summed E-state index contributed by atoms with van der Waals surface area (Å²) in [6.45, 7) is 0.347. The summed E-state index contributed by atoms with van der Waals surface area (Å²) in [5.41, 5.74) is 6.35. The van der Waals surface area contributed by atoms with Gasteiger partial charge in [-0.2, -0.15) is 0 Å². The van der Waals surface area contributed by atoms with Gasteiger partial charge in [0.05, 0.1) is 0 Å². The van der Waals surface area contributed by atoms with Crippen LogP contribution in [0.15, 0.2) is 24.3 Å². The number of fused-ring (bicyclic) bond motifs is 1. The molecule has 1 unspecified atom stereocenters. The molecule has 6 nitrogen and oxygen atoms in total. The molecule has 1 atom stereocenters. The van der Waals surface area contributed by atoms with Gasteiger partial charge in [-0.25, -0.2) is 0 Å². The first-order valence-electron chi connectivity index (χ1n) is 5.35. The Kier molecular flexibility index (Phi) is 2.60. The summed E-state index contributed by atoms with van der Waals surface area (Å²) in [5, 5.41) is 10.8. The Morgan fingerprint density at radius 2 is 2.28 bits per heavy atom. The lowest BCUT2D eigenvalue weighted by Gasteiger charge is -2.07. The number of rotatable bonds is 2. The number of carbonyl (C=O) groups excluding carboxylic acids is 1. The third kappa shape index (κ3) is 1.88. The number of anilines is 2. The summed E-state index contributed by atoms with van der Waals surface area (Å²) < 4.78 is 5.46. The maximum absolute atomic E-state index is 12.1. The first kappa shape index (κ1) is 11.0. The lowest BCUT2D eigenvalue weighted by molar-refractivity contribution is -0.117. The van der Waals surface area contributed by atoms with Gasteiger partial charge in [0.2, 0.25) is 16.2 Å². The van der Waals surface area contributed by atoms with Crippen LogP contribution in [0.2, 0.25) is 0 Å². The standard InChI is InChI=1S/C11H10N4O2S/c12-10-14-15-11(18-10)13-9(16)7-5-17-8-4-2-1-3-6(7)8/h1-4,7H,5H2,(H2,12,14)(H,13,15,16). The van der Waals surface area contributed by atoms with E-state index in [2.05, 4.69) is 15.5 Å². The predicted octanol–water partition coefficient (Wildman–Crippen LogP) is 1.23. The zero-order valence-corrected chi connectivity index (χ0v) is 10.1. The highest BCUT2D eigenvalue weighted by atomic mass is 32.1. The third-order valence-electron chi connectivity index (χ3n) is 2.69. The van der Waals surface area contributed by atoms with E-state index in [1.54, 1.807) is 0 Å². The predicted molar refractivity (Wildman–Crippen MR) is 67.6 cm³/mol. The highest BCUT2D eigenvalue weighted by Crippen LogP contribution is 2.34. The minimum Gasteiger partial charge on any atom is -0.492 e. The number of amides is 1. The number of para-hydroxylation sites is 1. The summed E-state index contributed by atoms with van der Waals surface area (Å²) in [6, 6.07) is 7.51. The molecule has 7 heteroatoms. The molecule has 18 heavy (non-hydrogen) atoms. The Morgan fingerprint density at radius 1 is 1.44 bits per heavy atom. The van der Waals surface area contributed by atoms with Crippen molar-refractivity contribution < 1.29 is 9.53 Å². The Hall–Kier alpha value is -2.15. The average molecular weight is 262 g/mol. The Bertz CT molecular complexity index is 598. The van der Waals surface area contributed by atoms with Crippen molar-refractivity contribution in [2.24, 2.45) is 0 Å². The van der Waals surface area contributed by atoms with E-state index in [-0.39, 0.29) is 11.8 Å². The number of nitrogens with one attached hydrogen (secondary N) is 1. The fourth-order valence-corrected chi connectivity index (χ4v) is 2.37. The molecule has 0 fully saturated rings. The van der Waals surface area contributed by atoms with Crippen molar-refractivity contribution in [3.05, 3.63) is 29.8 Å². The molecule has 1 aromatic carbocycles. The molecule has 0 spiro atoms. The minimum atomic E-state index is -0.314. The van der Waals surface area contributed by atoms with Gasteiger partial charge in [0.15, 0.2) is 0 Å². The van der Waals surface area contributed by atoms with Crippen molar-refractivity contribution in [3.63, 3.8) is 0 Å². The van der Waals surface area contributed by atoms with Crippen LogP contribution in [0, 0.1) is 0 Å². The molecule has 3 N–H and O–H groups in total. The molecule has 3 rings (SSSR count). The van der Waals surface area contributed by atoms with Crippen molar-refractivity contribution >= 4 is 27.5 Å². The van der Waals surface area contributed by atoms with E-state index in [0.29, 0.717) is 16.9 Å².